The third kappa shape index (κ3) is 3.03. The molecule has 0 spiro atoms. The number of benzene rings is 1. The summed E-state index contributed by atoms with van der Waals surface area (Å²) in [5.41, 5.74) is 1.70. The molecule has 2 N–H and O–H groups in total. The monoisotopic (exact) mass is 277 g/mol. The Labute approximate surface area is 117 Å². The maximum absolute atomic E-state index is 9.72. The van der Waals surface area contributed by atoms with Gasteiger partial charge in [-0.15, -0.1) is 0 Å². The van der Waals surface area contributed by atoms with Gasteiger partial charge in [-0.3, -0.25) is 9.97 Å². The second kappa shape index (κ2) is 5.55. The number of aliphatic hydroxyl groups is 1. The summed E-state index contributed by atoms with van der Waals surface area (Å²) in [6, 6.07) is 7.32. The van der Waals surface area contributed by atoms with Crippen molar-refractivity contribution in [1.82, 2.24) is 9.97 Å². The Morgan fingerprint density at radius 3 is 2.42 bits per heavy atom. The summed E-state index contributed by atoms with van der Waals surface area (Å²) in [6.07, 6.45) is 3.26. The van der Waals surface area contributed by atoms with E-state index in [0.717, 1.165) is 17.1 Å². The number of aliphatic hydroxyl groups excluding tert-OH is 1. The molecule has 1 heterocycles. The molecule has 0 amide bonds. The molecule has 0 aliphatic rings. The van der Waals surface area contributed by atoms with Crippen molar-refractivity contribution in [3.05, 3.63) is 53.1 Å². The zero-order valence-corrected chi connectivity index (χ0v) is 11.6. The van der Waals surface area contributed by atoms with Gasteiger partial charge in [0.05, 0.1) is 18.0 Å². The van der Waals surface area contributed by atoms with Gasteiger partial charge in [-0.05, 0) is 38.1 Å². The number of aryl methyl sites for hydroxylation is 1. The van der Waals surface area contributed by atoms with Crippen LogP contribution >= 0.6 is 11.6 Å². The average molecular weight is 278 g/mol. The van der Waals surface area contributed by atoms with Gasteiger partial charge in [0.25, 0.3) is 0 Å². The van der Waals surface area contributed by atoms with Crippen LogP contribution in [0.5, 0.6) is 0 Å². The van der Waals surface area contributed by atoms with Crippen LogP contribution < -0.4 is 5.32 Å². The largest absolute Gasteiger partial charge is 0.394 e. The third-order valence-electron chi connectivity index (χ3n) is 2.98. The van der Waals surface area contributed by atoms with Gasteiger partial charge in [0.2, 0.25) is 0 Å². The lowest BCUT2D eigenvalue weighted by atomic mass is 9.96. The highest BCUT2D eigenvalue weighted by Crippen LogP contribution is 2.26. The third-order valence-corrected chi connectivity index (χ3v) is 3.24. The van der Waals surface area contributed by atoms with Crippen molar-refractivity contribution in [2.24, 2.45) is 0 Å². The molecule has 1 atom stereocenters. The molecular formula is C14H16ClN3O. The number of aromatic nitrogens is 2. The van der Waals surface area contributed by atoms with Crippen LogP contribution in [0, 0.1) is 6.92 Å². The van der Waals surface area contributed by atoms with Crippen LogP contribution in [0.3, 0.4) is 0 Å². The number of anilines is 1. The molecule has 0 fully saturated rings. The first-order valence-corrected chi connectivity index (χ1v) is 6.36. The van der Waals surface area contributed by atoms with Crippen LogP contribution in [0.2, 0.25) is 5.02 Å². The Balaban J connectivity index is 2.33. The lowest BCUT2D eigenvalue weighted by Crippen LogP contribution is -2.37. The lowest BCUT2D eigenvalue weighted by molar-refractivity contribution is 0.220. The second-order valence-corrected chi connectivity index (χ2v) is 5.05. The highest BCUT2D eigenvalue weighted by molar-refractivity contribution is 6.30. The Morgan fingerprint density at radius 1 is 1.21 bits per heavy atom. The van der Waals surface area contributed by atoms with Gasteiger partial charge in [-0.2, -0.15) is 0 Å². The maximum atomic E-state index is 9.72. The summed E-state index contributed by atoms with van der Waals surface area (Å²) in [4.78, 5) is 8.54. The minimum Gasteiger partial charge on any atom is -0.394 e. The molecule has 0 aliphatic heterocycles. The molecule has 5 heteroatoms. The molecule has 19 heavy (non-hydrogen) atoms. The van der Waals surface area contributed by atoms with E-state index in [1.165, 1.54) is 0 Å². The van der Waals surface area contributed by atoms with Crippen LogP contribution in [-0.2, 0) is 5.54 Å². The van der Waals surface area contributed by atoms with Gasteiger partial charge in [-0.1, -0.05) is 11.6 Å². The molecule has 100 valence electrons. The summed E-state index contributed by atoms with van der Waals surface area (Å²) in [5.74, 6) is 0. The van der Waals surface area contributed by atoms with Crippen molar-refractivity contribution in [1.29, 1.82) is 0 Å². The van der Waals surface area contributed by atoms with Crippen molar-refractivity contribution in [2.45, 2.75) is 19.4 Å². The molecule has 0 aliphatic carbocycles. The quantitative estimate of drug-likeness (QED) is 0.902. The summed E-state index contributed by atoms with van der Waals surface area (Å²) in [7, 11) is 0. The van der Waals surface area contributed by atoms with Crippen molar-refractivity contribution in [2.75, 3.05) is 11.9 Å². The van der Waals surface area contributed by atoms with Gasteiger partial charge in [-0.25, -0.2) is 0 Å². The Morgan fingerprint density at radius 2 is 1.84 bits per heavy atom. The van der Waals surface area contributed by atoms with Crippen LogP contribution in [-0.4, -0.2) is 21.7 Å². The van der Waals surface area contributed by atoms with Gasteiger partial charge in [0, 0.05) is 23.1 Å². The first-order valence-electron chi connectivity index (χ1n) is 5.98. The van der Waals surface area contributed by atoms with Gasteiger partial charge < -0.3 is 10.4 Å². The molecule has 1 aromatic carbocycles. The Hall–Kier alpha value is -1.65. The summed E-state index contributed by atoms with van der Waals surface area (Å²) in [5, 5.41) is 13.7. The van der Waals surface area contributed by atoms with E-state index < -0.39 is 5.54 Å². The number of nitrogens with zero attached hydrogens (tertiary/aromatic N) is 2. The second-order valence-electron chi connectivity index (χ2n) is 4.61. The number of hydrogen-bond acceptors (Lipinski definition) is 4. The average Bonchev–Trinajstić information content (AvgIpc) is 2.42. The van der Waals surface area contributed by atoms with Crippen LogP contribution in [0.25, 0.3) is 0 Å². The summed E-state index contributed by atoms with van der Waals surface area (Å²) >= 11 is 5.86. The van der Waals surface area contributed by atoms with Crippen molar-refractivity contribution in [3.63, 3.8) is 0 Å². The van der Waals surface area contributed by atoms with Crippen LogP contribution in [0.1, 0.15) is 18.3 Å². The summed E-state index contributed by atoms with van der Waals surface area (Å²) < 4.78 is 0. The predicted octanol–water partition coefficient (Wildman–Crippen LogP) is 2.76. The molecule has 2 rings (SSSR count). The molecule has 1 unspecified atom stereocenters. The maximum Gasteiger partial charge on any atom is 0.102 e. The number of halogens is 1. The van der Waals surface area contributed by atoms with Crippen molar-refractivity contribution in [3.8, 4) is 0 Å². The standard InChI is InChI=1S/C14H16ClN3O/c1-10-13(17-8-7-16-10)14(2,9-19)18-12-5-3-11(15)4-6-12/h3-8,18-19H,9H2,1-2H3. The van der Waals surface area contributed by atoms with E-state index in [4.69, 9.17) is 11.6 Å². The number of hydrogen-bond donors (Lipinski definition) is 2. The van der Waals surface area contributed by atoms with E-state index in [1.807, 2.05) is 26.0 Å². The zero-order valence-electron chi connectivity index (χ0n) is 10.9. The molecule has 1 aromatic heterocycles. The fourth-order valence-electron chi connectivity index (χ4n) is 1.97. The summed E-state index contributed by atoms with van der Waals surface area (Å²) in [6.45, 7) is 3.67. The molecule has 4 nitrogen and oxygen atoms in total. The molecular weight excluding hydrogens is 262 g/mol. The van der Waals surface area contributed by atoms with E-state index in [-0.39, 0.29) is 6.61 Å². The number of nitrogens with one attached hydrogen (secondary N) is 1. The molecule has 2 aromatic rings. The van der Waals surface area contributed by atoms with Crippen molar-refractivity contribution < 1.29 is 5.11 Å². The zero-order chi connectivity index (χ0) is 13.9. The lowest BCUT2D eigenvalue weighted by Gasteiger charge is -2.30. The van der Waals surface area contributed by atoms with Crippen molar-refractivity contribution >= 4 is 17.3 Å². The van der Waals surface area contributed by atoms with Crippen LogP contribution in [0.4, 0.5) is 5.69 Å². The van der Waals surface area contributed by atoms with Gasteiger partial charge in [0.1, 0.15) is 5.54 Å². The van der Waals surface area contributed by atoms with E-state index in [9.17, 15) is 5.11 Å². The van der Waals surface area contributed by atoms with E-state index in [1.54, 1.807) is 24.5 Å². The van der Waals surface area contributed by atoms with E-state index in [0.29, 0.717) is 5.02 Å². The molecule has 0 saturated heterocycles. The van der Waals surface area contributed by atoms with Gasteiger partial charge >= 0.3 is 0 Å². The first kappa shape index (κ1) is 13.8. The normalized spacial score (nSPS) is 13.9. The molecule has 0 bridgehead atoms. The minimum absolute atomic E-state index is 0.0881. The smallest absolute Gasteiger partial charge is 0.102 e. The van der Waals surface area contributed by atoms with E-state index in [2.05, 4.69) is 15.3 Å². The SMILES string of the molecule is Cc1nccnc1C(C)(CO)Nc1ccc(Cl)cc1. The molecule has 0 radical (unpaired) electrons. The van der Waals surface area contributed by atoms with Crippen LogP contribution in [0.15, 0.2) is 36.7 Å². The minimum atomic E-state index is -0.688. The van der Waals surface area contributed by atoms with E-state index >= 15 is 0 Å². The topological polar surface area (TPSA) is 58.0 Å². The first-order chi connectivity index (χ1) is 9.05. The highest BCUT2D eigenvalue weighted by atomic mass is 35.5. The fourth-order valence-corrected chi connectivity index (χ4v) is 2.10. The fraction of sp³-hybridized carbons (Fsp3) is 0.286. The highest BCUT2D eigenvalue weighted by Gasteiger charge is 2.29. The Bertz CT molecular complexity index is 559. The van der Waals surface area contributed by atoms with Gasteiger partial charge in [0.15, 0.2) is 0 Å². The Kier molecular flexibility index (Phi) is 4.02. The number of rotatable bonds is 4. The molecule has 0 saturated carbocycles. The predicted molar refractivity (Wildman–Crippen MR) is 76.3 cm³/mol.